The van der Waals surface area contributed by atoms with Gasteiger partial charge in [0, 0.05) is 28.8 Å². The van der Waals surface area contributed by atoms with Crippen LogP contribution in [0, 0.1) is 0 Å². The maximum atomic E-state index is 13.4. The molecular formula is C26H24O5. The smallest absolute Gasteiger partial charge is 0.340 e. The van der Waals surface area contributed by atoms with E-state index in [1.807, 2.05) is 6.07 Å². The highest BCUT2D eigenvalue weighted by Crippen LogP contribution is 2.57. The molecule has 2 aliphatic heterocycles. The van der Waals surface area contributed by atoms with Gasteiger partial charge in [0.25, 0.3) is 0 Å². The number of carbonyl (C=O) groups is 1. The first kappa shape index (κ1) is 19.5. The van der Waals surface area contributed by atoms with E-state index in [0.29, 0.717) is 28.2 Å². The Bertz CT molecular complexity index is 1160. The Morgan fingerprint density at radius 1 is 0.806 bits per heavy atom. The average Bonchev–Trinajstić information content (AvgIpc) is 3.02. The summed E-state index contributed by atoms with van der Waals surface area (Å²) in [5.74, 6) is 0.539. The first-order valence-electron chi connectivity index (χ1n) is 10.7. The highest BCUT2D eigenvalue weighted by Gasteiger charge is 2.54. The van der Waals surface area contributed by atoms with Crippen LogP contribution < -0.4 is 4.74 Å². The number of hydrogen-bond donors (Lipinski definition) is 2. The van der Waals surface area contributed by atoms with Gasteiger partial charge in [0.1, 0.15) is 23.0 Å². The summed E-state index contributed by atoms with van der Waals surface area (Å²) >= 11 is 0. The molecule has 5 rings (SSSR count). The van der Waals surface area contributed by atoms with Gasteiger partial charge in [-0.25, -0.2) is 4.79 Å². The van der Waals surface area contributed by atoms with Gasteiger partial charge in [-0.05, 0) is 48.2 Å². The molecule has 1 spiro atoms. The Labute approximate surface area is 180 Å². The summed E-state index contributed by atoms with van der Waals surface area (Å²) in [5.41, 5.74) is 3.76. The standard InChI is InChI=1S/C26H24O5/c1-3-5-15-7-10-21-24(18(15)6-4-2)25(29)31-26(21)19-11-8-16(27)13-22(19)30-23-14-17(28)9-12-20(23)26/h7-14,27-28H,3-6H2,1-2H3. The molecular weight excluding hydrogens is 392 g/mol. The van der Waals surface area contributed by atoms with Gasteiger partial charge in [-0.15, -0.1) is 0 Å². The summed E-state index contributed by atoms with van der Waals surface area (Å²) in [6.45, 7) is 4.24. The van der Waals surface area contributed by atoms with Crippen LogP contribution in [0.2, 0.25) is 0 Å². The number of benzene rings is 3. The molecule has 0 aliphatic carbocycles. The van der Waals surface area contributed by atoms with Crippen molar-refractivity contribution in [3.63, 3.8) is 0 Å². The molecule has 0 bridgehead atoms. The number of aromatic hydroxyl groups is 2. The van der Waals surface area contributed by atoms with Gasteiger partial charge in [0.2, 0.25) is 0 Å². The Morgan fingerprint density at radius 3 is 1.97 bits per heavy atom. The summed E-state index contributed by atoms with van der Waals surface area (Å²) < 4.78 is 12.2. The first-order valence-corrected chi connectivity index (χ1v) is 10.7. The minimum atomic E-state index is -1.19. The monoisotopic (exact) mass is 416 g/mol. The molecule has 158 valence electrons. The van der Waals surface area contributed by atoms with Crippen LogP contribution >= 0.6 is 0 Å². The number of rotatable bonds is 4. The molecule has 5 nitrogen and oxygen atoms in total. The van der Waals surface area contributed by atoms with Crippen molar-refractivity contribution in [3.05, 3.63) is 81.9 Å². The van der Waals surface area contributed by atoms with Gasteiger partial charge in [0.05, 0.1) is 5.56 Å². The third-order valence-corrected chi connectivity index (χ3v) is 6.17. The molecule has 0 saturated carbocycles. The van der Waals surface area contributed by atoms with E-state index in [1.54, 1.807) is 24.3 Å². The molecule has 0 saturated heterocycles. The van der Waals surface area contributed by atoms with Gasteiger partial charge in [-0.2, -0.15) is 0 Å². The van der Waals surface area contributed by atoms with Gasteiger partial charge in [-0.1, -0.05) is 38.8 Å². The number of carbonyl (C=O) groups excluding carboxylic acids is 1. The number of aryl methyl sites for hydroxylation is 1. The predicted molar refractivity (Wildman–Crippen MR) is 116 cm³/mol. The van der Waals surface area contributed by atoms with Crippen molar-refractivity contribution in [2.75, 3.05) is 0 Å². The third kappa shape index (κ3) is 2.73. The van der Waals surface area contributed by atoms with Crippen LogP contribution in [0.5, 0.6) is 23.0 Å². The summed E-state index contributed by atoms with van der Waals surface area (Å²) in [6, 6.07) is 13.7. The Kier molecular flexibility index (Phi) is 4.43. The van der Waals surface area contributed by atoms with E-state index in [0.717, 1.165) is 36.8 Å². The zero-order valence-electron chi connectivity index (χ0n) is 17.6. The van der Waals surface area contributed by atoms with Crippen molar-refractivity contribution in [3.8, 4) is 23.0 Å². The summed E-state index contributed by atoms with van der Waals surface area (Å²) in [7, 11) is 0. The van der Waals surface area contributed by atoms with Gasteiger partial charge >= 0.3 is 5.97 Å². The molecule has 3 aromatic rings. The molecule has 2 heterocycles. The fraction of sp³-hybridized carbons (Fsp3) is 0.269. The second-order valence-electron chi connectivity index (χ2n) is 8.16. The van der Waals surface area contributed by atoms with Crippen molar-refractivity contribution in [2.24, 2.45) is 0 Å². The Morgan fingerprint density at radius 2 is 1.39 bits per heavy atom. The van der Waals surface area contributed by atoms with E-state index >= 15 is 0 Å². The molecule has 0 aromatic heterocycles. The van der Waals surface area contributed by atoms with Crippen LogP contribution in [0.1, 0.15) is 64.9 Å². The van der Waals surface area contributed by atoms with E-state index in [4.69, 9.17) is 9.47 Å². The van der Waals surface area contributed by atoms with Gasteiger partial charge in [0.15, 0.2) is 5.60 Å². The largest absolute Gasteiger partial charge is 0.508 e. The number of esters is 1. The van der Waals surface area contributed by atoms with Crippen molar-refractivity contribution < 1.29 is 24.5 Å². The topological polar surface area (TPSA) is 76.0 Å². The lowest BCUT2D eigenvalue weighted by molar-refractivity contribution is 0.0223. The highest BCUT2D eigenvalue weighted by molar-refractivity contribution is 5.99. The fourth-order valence-corrected chi connectivity index (χ4v) is 4.94. The van der Waals surface area contributed by atoms with Crippen LogP contribution in [-0.4, -0.2) is 16.2 Å². The molecule has 3 aromatic carbocycles. The minimum Gasteiger partial charge on any atom is -0.508 e. The number of fused-ring (bicyclic) bond motifs is 6. The summed E-state index contributed by atoms with van der Waals surface area (Å²) in [6.07, 6.45) is 3.62. The van der Waals surface area contributed by atoms with E-state index < -0.39 is 5.60 Å². The SMILES string of the molecule is CCCc1ccc2c(c1CCC)C(=O)OC21c2ccc(O)cc2Oc2cc(O)ccc21. The lowest BCUT2D eigenvalue weighted by Crippen LogP contribution is -2.32. The van der Waals surface area contributed by atoms with Crippen molar-refractivity contribution in [2.45, 2.75) is 45.1 Å². The molecule has 0 unspecified atom stereocenters. The number of phenols is 2. The van der Waals surface area contributed by atoms with Crippen LogP contribution in [0.3, 0.4) is 0 Å². The highest BCUT2D eigenvalue weighted by atomic mass is 16.6. The van der Waals surface area contributed by atoms with Crippen molar-refractivity contribution in [1.29, 1.82) is 0 Å². The molecule has 0 amide bonds. The van der Waals surface area contributed by atoms with Crippen molar-refractivity contribution >= 4 is 5.97 Å². The summed E-state index contributed by atoms with van der Waals surface area (Å²) in [5, 5.41) is 20.1. The minimum absolute atomic E-state index is 0.0482. The lowest BCUT2D eigenvalue weighted by atomic mass is 9.76. The van der Waals surface area contributed by atoms with E-state index in [2.05, 4.69) is 19.9 Å². The quantitative estimate of drug-likeness (QED) is 0.544. The zero-order valence-corrected chi connectivity index (χ0v) is 17.6. The van der Waals surface area contributed by atoms with Crippen LogP contribution in [0.4, 0.5) is 0 Å². The molecule has 0 atom stereocenters. The first-order chi connectivity index (χ1) is 15.0. The number of ether oxygens (including phenoxy) is 2. The Balaban J connectivity index is 1.85. The maximum Gasteiger partial charge on any atom is 0.340 e. The second kappa shape index (κ2) is 7.05. The van der Waals surface area contributed by atoms with Crippen LogP contribution in [-0.2, 0) is 23.2 Å². The van der Waals surface area contributed by atoms with Crippen LogP contribution in [0.15, 0.2) is 48.5 Å². The van der Waals surface area contributed by atoms with Crippen molar-refractivity contribution in [1.82, 2.24) is 0 Å². The molecule has 0 fully saturated rings. The van der Waals surface area contributed by atoms with E-state index in [1.165, 1.54) is 17.7 Å². The van der Waals surface area contributed by atoms with Gasteiger partial charge < -0.3 is 19.7 Å². The third-order valence-electron chi connectivity index (χ3n) is 6.17. The number of phenolic OH excluding ortho intramolecular Hbond substituents is 2. The maximum absolute atomic E-state index is 13.4. The second-order valence-corrected chi connectivity index (χ2v) is 8.16. The van der Waals surface area contributed by atoms with E-state index in [-0.39, 0.29) is 17.5 Å². The zero-order chi connectivity index (χ0) is 21.8. The van der Waals surface area contributed by atoms with E-state index in [9.17, 15) is 15.0 Å². The molecule has 31 heavy (non-hydrogen) atoms. The number of hydrogen-bond acceptors (Lipinski definition) is 5. The molecule has 5 heteroatoms. The van der Waals surface area contributed by atoms with Gasteiger partial charge in [-0.3, -0.25) is 0 Å². The normalized spacial score (nSPS) is 15.1. The van der Waals surface area contributed by atoms with Crippen LogP contribution in [0.25, 0.3) is 0 Å². The predicted octanol–water partition coefficient (Wildman–Crippen LogP) is 5.57. The molecule has 0 radical (unpaired) electrons. The molecule has 2 aliphatic rings. The lowest BCUT2D eigenvalue weighted by Gasteiger charge is -2.36. The molecule has 2 N–H and O–H groups in total. The average molecular weight is 416 g/mol. The Hall–Kier alpha value is -3.47. The summed E-state index contributed by atoms with van der Waals surface area (Å²) in [4.78, 5) is 13.4. The fourth-order valence-electron chi connectivity index (χ4n) is 4.94.